The first kappa shape index (κ1) is 43.2. The smallest absolute Gasteiger partial charge is 0.163 e. The molecule has 2 aromatic heterocycles. The Labute approximate surface area is 364 Å². The molecule has 296 valence electrons. The lowest BCUT2D eigenvalue weighted by atomic mass is 10.2. The van der Waals surface area contributed by atoms with Gasteiger partial charge in [-0.15, -0.1) is 0 Å². The summed E-state index contributed by atoms with van der Waals surface area (Å²) in [5.74, 6) is -0.979. The van der Waals surface area contributed by atoms with Crippen LogP contribution in [0.4, 0.5) is 0 Å². The van der Waals surface area contributed by atoms with Crippen LogP contribution in [0.3, 0.4) is 0 Å². The fourth-order valence-electron chi connectivity index (χ4n) is 7.03. The molecule has 4 heterocycles. The Morgan fingerprint density at radius 3 is 1.33 bits per heavy atom. The van der Waals surface area contributed by atoms with Gasteiger partial charge in [-0.05, 0) is 113 Å². The van der Waals surface area contributed by atoms with Gasteiger partial charge in [-0.25, -0.2) is 0 Å². The molecule has 0 saturated carbocycles. The summed E-state index contributed by atoms with van der Waals surface area (Å²) in [6, 6.07) is 26.0. The van der Waals surface area contributed by atoms with Crippen molar-refractivity contribution in [2.24, 2.45) is 0 Å². The number of aliphatic hydroxyl groups excluding tert-OH is 1. The molecule has 0 radical (unpaired) electrons. The molecule has 2 atom stereocenters. The Morgan fingerprint density at radius 2 is 1.00 bits per heavy atom. The summed E-state index contributed by atoms with van der Waals surface area (Å²) >= 11 is 17.9. The van der Waals surface area contributed by atoms with Crippen molar-refractivity contribution in [1.29, 1.82) is 0 Å². The Bertz CT molecular complexity index is 2120. The molecule has 2 fully saturated rings. The maximum Gasteiger partial charge on any atom is 0.163 e. The van der Waals surface area contributed by atoms with Gasteiger partial charge in [-0.1, -0.05) is 79.6 Å². The molecule has 2 saturated heterocycles. The van der Waals surface area contributed by atoms with E-state index in [0.717, 1.165) is 49.2 Å². The number of hydrogen-bond donors (Lipinski definition) is 1. The van der Waals surface area contributed by atoms with E-state index >= 15 is 0 Å². The highest BCUT2D eigenvalue weighted by Crippen LogP contribution is 2.35. The van der Waals surface area contributed by atoms with Crippen molar-refractivity contribution in [1.82, 2.24) is 9.13 Å². The van der Waals surface area contributed by atoms with Crippen LogP contribution in [0.25, 0.3) is 43.6 Å². The van der Waals surface area contributed by atoms with Crippen molar-refractivity contribution in [3.63, 3.8) is 0 Å². The molecule has 8 nitrogen and oxygen atoms in total. The number of rotatable bonds is 10. The van der Waals surface area contributed by atoms with Gasteiger partial charge in [0.1, 0.15) is 12.2 Å². The molecule has 2 aliphatic rings. The number of alkyl halides is 1. The summed E-state index contributed by atoms with van der Waals surface area (Å²) in [6.07, 6.45) is 1.98. The lowest BCUT2D eigenvalue weighted by molar-refractivity contribution is -0.145. The maximum atomic E-state index is 8.59. The Balaban J connectivity index is 0.000000159. The Hall–Kier alpha value is -1.36. The van der Waals surface area contributed by atoms with E-state index in [-0.39, 0.29) is 18.8 Å². The van der Waals surface area contributed by atoms with Crippen molar-refractivity contribution < 1.29 is 28.8 Å². The van der Waals surface area contributed by atoms with E-state index in [0.29, 0.717) is 26.4 Å². The van der Waals surface area contributed by atoms with Crippen molar-refractivity contribution in [3.05, 3.63) is 90.7 Å². The van der Waals surface area contributed by atoms with Crippen molar-refractivity contribution in [2.75, 3.05) is 38.4 Å². The first-order valence-electron chi connectivity index (χ1n) is 18.4. The second-order valence-electron chi connectivity index (χ2n) is 14.5. The van der Waals surface area contributed by atoms with E-state index in [4.69, 9.17) is 28.8 Å². The summed E-state index contributed by atoms with van der Waals surface area (Å²) in [6.45, 7) is 11.9. The summed E-state index contributed by atoms with van der Waals surface area (Å²) in [4.78, 5) is 0. The van der Waals surface area contributed by atoms with Crippen LogP contribution in [-0.2, 0) is 36.8 Å². The maximum absolute atomic E-state index is 8.59. The molecule has 2 aliphatic heterocycles. The van der Waals surface area contributed by atoms with Crippen molar-refractivity contribution >= 4 is 123 Å². The van der Waals surface area contributed by atoms with Gasteiger partial charge in [0.15, 0.2) is 11.6 Å². The zero-order chi connectivity index (χ0) is 39.3. The number of nitrogens with zero attached hydrogens (tertiary/aromatic N) is 2. The predicted octanol–water partition coefficient (Wildman–Crippen LogP) is 12.1. The Morgan fingerprint density at radius 1 is 0.618 bits per heavy atom. The van der Waals surface area contributed by atoms with Crippen LogP contribution in [0.5, 0.6) is 0 Å². The van der Waals surface area contributed by atoms with Gasteiger partial charge in [0.05, 0.1) is 26.4 Å². The average Bonchev–Trinajstić information content (AvgIpc) is 3.87. The van der Waals surface area contributed by atoms with E-state index in [9.17, 15) is 0 Å². The third kappa shape index (κ3) is 11.0. The third-order valence-corrected chi connectivity index (χ3v) is 11.9. The van der Waals surface area contributed by atoms with Gasteiger partial charge in [0.2, 0.25) is 0 Å². The van der Waals surface area contributed by atoms with Crippen molar-refractivity contribution in [2.45, 2.75) is 77.4 Å². The molecule has 8 rings (SSSR count). The van der Waals surface area contributed by atoms with E-state index in [2.05, 4.69) is 162 Å². The quantitative estimate of drug-likeness (QED) is 0.109. The molecule has 0 spiro atoms. The van der Waals surface area contributed by atoms with E-state index in [1.807, 2.05) is 27.7 Å². The van der Waals surface area contributed by atoms with Gasteiger partial charge in [0, 0.05) is 86.5 Å². The zero-order valence-electron chi connectivity index (χ0n) is 31.4. The number of aryl methyl sites for hydroxylation is 2. The fourth-order valence-corrected chi connectivity index (χ4v) is 8.73. The van der Waals surface area contributed by atoms with Gasteiger partial charge in [-0.3, -0.25) is 0 Å². The minimum atomic E-state index is -0.493. The van der Waals surface area contributed by atoms with Crippen LogP contribution in [0, 0.1) is 0 Å². The van der Waals surface area contributed by atoms with Crippen LogP contribution in [0.2, 0.25) is 0 Å². The molecular formula is C42H47Br5N2O6. The van der Waals surface area contributed by atoms with Crippen LogP contribution in [0.15, 0.2) is 90.7 Å². The molecule has 1 N–H and O–H groups in total. The predicted molar refractivity (Wildman–Crippen MR) is 240 cm³/mol. The molecular weight excluding hydrogens is 1030 g/mol. The van der Waals surface area contributed by atoms with E-state index in [1.165, 1.54) is 43.6 Å². The summed E-state index contributed by atoms with van der Waals surface area (Å²) in [7, 11) is 0. The molecule has 4 aromatic carbocycles. The number of fused-ring (bicyclic) bond motifs is 6. The highest BCUT2D eigenvalue weighted by molar-refractivity contribution is 9.11. The lowest BCUT2D eigenvalue weighted by Crippen LogP contribution is -2.24. The summed E-state index contributed by atoms with van der Waals surface area (Å²) in [5, 5.41) is 14.8. The minimum Gasteiger partial charge on any atom is -0.394 e. The highest BCUT2D eigenvalue weighted by atomic mass is 79.9. The SMILES string of the molecule is BrCCCn1c2ccc(Br)cc2c2cc(Br)ccc21.CC1(C)OCC(CO)O1.CC1(C)OCC(COCCCn2c3ccc(Br)cc3c3cc(Br)ccc32)O1. The largest absolute Gasteiger partial charge is 0.394 e. The second-order valence-corrected chi connectivity index (χ2v) is 19.0. The first-order chi connectivity index (χ1) is 26.3. The standard InChI is InChI=1S/C21H23Br2NO3.C15H12Br3N.C6H12O3/c1-21(2)26-13-16(27-21)12-25-9-3-8-24-19-6-4-14(22)10-17(19)18-11-15(23)5-7-20(18)24;16-6-1-7-19-14-4-2-10(17)8-12(14)13-9-11(18)3-5-15(13)19;1-6(2)8-4-5(3-7)9-6/h4-7,10-11,16H,3,8-9,12-13H2,1-2H3;2-5,8-9H,1,6-7H2;5,7H,3-4H2,1-2H3. The number of halogens is 5. The van der Waals surface area contributed by atoms with E-state index < -0.39 is 11.6 Å². The molecule has 0 amide bonds. The molecule has 0 aliphatic carbocycles. The van der Waals surface area contributed by atoms with Crippen molar-refractivity contribution in [3.8, 4) is 0 Å². The van der Waals surface area contributed by atoms with Crippen LogP contribution in [-0.4, -0.2) is 76.4 Å². The number of ether oxygens (including phenoxy) is 5. The monoisotopic (exact) mass is 1070 g/mol. The minimum absolute atomic E-state index is 0.0305. The third-order valence-electron chi connectivity index (χ3n) is 9.41. The zero-order valence-corrected chi connectivity index (χ0v) is 39.4. The van der Waals surface area contributed by atoms with Crippen LogP contribution in [0.1, 0.15) is 40.5 Å². The van der Waals surface area contributed by atoms with Gasteiger partial charge in [-0.2, -0.15) is 0 Å². The number of aromatic nitrogens is 2. The normalized spacial score (nSPS) is 18.9. The average molecular weight is 1080 g/mol. The topological polar surface area (TPSA) is 76.2 Å². The molecule has 0 bridgehead atoms. The lowest BCUT2D eigenvalue weighted by Gasteiger charge is -2.17. The number of aliphatic hydroxyl groups is 1. The van der Waals surface area contributed by atoms with Gasteiger partial charge >= 0.3 is 0 Å². The van der Waals surface area contributed by atoms with Crippen LogP contribution < -0.4 is 0 Å². The summed E-state index contributed by atoms with van der Waals surface area (Å²) < 4.78 is 36.8. The van der Waals surface area contributed by atoms with Gasteiger partial charge in [0.25, 0.3) is 0 Å². The summed E-state index contributed by atoms with van der Waals surface area (Å²) in [5.41, 5.74) is 5.11. The molecule has 2 unspecified atom stereocenters. The van der Waals surface area contributed by atoms with Gasteiger partial charge < -0.3 is 37.9 Å². The second kappa shape index (κ2) is 19.1. The molecule has 13 heteroatoms. The first-order valence-corrected chi connectivity index (χ1v) is 22.7. The fraction of sp³-hybridized carbons (Fsp3) is 0.429. The number of hydrogen-bond acceptors (Lipinski definition) is 6. The molecule has 55 heavy (non-hydrogen) atoms. The number of benzene rings is 4. The van der Waals surface area contributed by atoms with Crippen LogP contribution >= 0.6 is 79.6 Å². The van der Waals surface area contributed by atoms with E-state index in [1.54, 1.807) is 0 Å². The Kier molecular flexibility index (Phi) is 15.0. The molecule has 6 aromatic rings. The highest BCUT2D eigenvalue weighted by Gasteiger charge is 2.33.